The molecular weight excluding hydrogens is 310 g/mol. The molecule has 110 valence electrons. The number of aromatic nitrogens is 3. The minimum absolute atomic E-state index is 0.206. The second kappa shape index (κ2) is 5.86. The van der Waals surface area contributed by atoms with Crippen LogP contribution in [0.15, 0.2) is 18.5 Å². The highest BCUT2D eigenvalue weighted by atomic mass is 32.2. The van der Waals surface area contributed by atoms with E-state index in [9.17, 15) is 9.59 Å². The minimum atomic E-state index is -0.491. The monoisotopic (exact) mass is 323 g/mol. The third-order valence-electron chi connectivity index (χ3n) is 3.03. The first-order valence-corrected chi connectivity index (χ1v) is 8.23. The summed E-state index contributed by atoms with van der Waals surface area (Å²) in [6.07, 6.45) is 3.22. The van der Waals surface area contributed by atoms with Crippen LogP contribution in [0.2, 0.25) is 0 Å². The van der Waals surface area contributed by atoms with Crippen LogP contribution in [0.4, 0.5) is 5.13 Å². The number of thiazole rings is 1. The Bertz CT molecular complexity index is 654. The van der Waals surface area contributed by atoms with Crippen LogP contribution in [0.1, 0.15) is 15.4 Å². The van der Waals surface area contributed by atoms with Gasteiger partial charge < -0.3 is 10.2 Å². The highest BCUT2D eigenvalue weighted by Crippen LogP contribution is 2.24. The number of hydrogen-bond donors (Lipinski definition) is 2. The third kappa shape index (κ3) is 2.93. The normalized spacial score (nSPS) is 18.0. The van der Waals surface area contributed by atoms with Crippen molar-refractivity contribution in [1.82, 2.24) is 20.1 Å². The highest BCUT2D eigenvalue weighted by molar-refractivity contribution is 7.99. The quantitative estimate of drug-likeness (QED) is 0.889. The van der Waals surface area contributed by atoms with Gasteiger partial charge in [-0.15, -0.1) is 23.1 Å². The molecule has 3 heterocycles. The largest absolute Gasteiger partial charge is 0.315 e. The lowest BCUT2D eigenvalue weighted by Gasteiger charge is -2.21. The van der Waals surface area contributed by atoms with E-state index in [2.05, 4.69) is 20.5 Å². The van der Waals surface area contributed by atoms with Crippen molar-refractivity contribution >= 4 is 40.0 Å². The Labute approximate surface area is 129 Å². The molecule has 0 bridgehead atoms. The average molecular weight is 323 g/mol. The van der Waals surface area contributed by atoms with Crippen molar-refractivity contribution in [2.75, 3.05) is 16.9 Å². The van der Waals surface area contributed by atoms with Gasteiger partial charge in [0.15, 0.2) is 5.13 Å². The maximum Gasteiger partial charge on any atom is 0.273 e. The molecule has 1 atom stereocenters. The van der Waals surface area contributed by atoms with Crippen LogP contribution in [-0.4, -0.2) is 49.6 Å². The van der Waals surface area contributed by atoms with Gasteiger partial charge in [-0.1, -0.05) is 0 Å². The number of aryl methyl sites for hydroxylation is 1. The Kier molecular flexibility index (Phi) is 3.93. The summed E-state index contributed by atoms with van der Waals surface area (Å²) in [5, 5.41) is 9.73. The summed E-state index contributed by atoms with van der Waals surface area (Å²) < 4.78 is 0. The molecule has 0 radical (unpaired) electrons. The molecule has 0 spiro atoms. The number of hydrogen-bond acceptors (Lipinski definition) is 6. The fourth-order valence-corrected chi connectivity index (χ4v) is 3.81. The lowest BCUT2D eigenvalue weighted by molar-refractivity contribution is -0.119. The number of amides is 2. The van der Waals surface area contributed by atoms with Crippen LogP contribution < -0.4 is 5.32 Å². The molecule has 1 unspecified atom stereocenters. The van der Waals surface area contributed by atoms with Crippen molar-refractivity contribution < 1.29 is 9.59 Å². The summed E-state index contributed by atoms with van der Waals surface area (Å²) in [5.74, 6) is 0.651. The molecule has 2 aromatic rings. The van der Waals surface area contributed by atoms with Gasteiger partial charge in [0.2, 0.25) is 5.91 Å². The van der Waals surface area contributed by atoms with E-state index in [1.54, 1.807) is 28.9 Å². The number of nitrogens with zero attached hydrogens (tertiary/aromatic N) is 3. The van der Waals surface area contributed by atoms with Gasteiger partial charge in [0.05, 0.1) is 5.88 Å². The summed E-state index contributed by atoms with van der Waals surface area (Å²) in [6, 6.07) is 1.11. The zero-order valence-electron chi connectivity index (χ0n) is 11.2. The van der Waals surface area contributed by atoms with Gasteiger partial charge in [-0.2, -0.15) is 5.10 Å². The van der Waals surface area contributed by atoms with E-state index >= 15 is 0 Å². The first-order chi connectivity index (χ1) is 10.1. The number of thioether (sulfide) groups is 1. The van der Waals surface area contributed by atoms with E-state index in [1.807, 2.05) is 6.92 Å². The smallest absolute Gasteiger partial charge is 0.273 e. The molecule has 0 aliphatic carbocycles. The second-order valence-electron chi connectivity index (χ2n) is 4.53. The Balaban J connectivity index is 1.71. The highest BCUT2D eigenvalue weighted by Gasteiger charge is 2.35. The van der Waals surface area contributed by atoms with Gasteiger partial charge in [-0.25, -0.2) is 4.98 Å². The molecule has 1 aliphatic rings. The third-order valence-corrected chi connectivity index (χ3v) is 4.87. The van der Waals surface area contributed by atoms with Crippen LogP contribution in [0.3, 0.4) is 0 Å². The predicted molar refractivity (Wildman–Crippen MR) is 81.4 cm³/mol. The first-order valence-electron chi connectivity index (χ1n) is 6.26. The number of carbonyl (C=O) groups excluding carboxylic acids is 2. The Hall–Kier alpha value is -1.87. The summed E-state index contributed by atoms with van der Waals surface area (Å²) >= 11 is 2.97. The number of carbonyl (C=O) groups is 2. The van der Waals surface area contributed by atoms with E-state index in [1.165, 1.54) is 17.5 Å². The van der Waals surface area contributed by atoms with Crippen LogP contribution in [0, 0.1) is 6.92 Å². The molecule has 7 nitrogen and oxygen atoms in total. The lowest BCUT2D eigenvalue weighted by atomic mass is 10.2. The molecular formula is C12H13N5O2S2. The summed E-state index contributed by atoms with van der Waals surface area (Å²) in [7, 11) is 0. The van der Waals surface area contributed by atoms with Crippen molar-refractivity contribution in [1.29, 1.82) is 0 Å². The van der Waals surface area contributed by atoms with Crippen LogP contribution in [0.5, 0.6) is 0 Å². The standard InChI is InChI=1S/C12H13N5O2S2/c1-7-4-13-12(21-7)15-10(18)9-5-20-6-17(9)11(19)8-2-3-14-16-8/h2-4,9H,5-6H2,1H3,(H,14,16)(H,13,15,18). The minimum Gasteiger partial charge on any atom is -0.315 e. The summed E-state index contributed by atoms with van der Waals surface area (Å²) in [5.41, 5.74) is 0.389. The van der Waals surface area contributed by atoms with Crippen molar-refractivity contribution in [2.24, 2.45) is 0 Å². The molecule has 21 heavy (non-hydrogen) atoms. The van der Waals surface area contributed by atoms with Crippen LogP contribution in [0.25, 0.3) is 0 Å². The van der Waals surface area contributed by atoms with E-state index in [4.69, 9.17) is 0 Å². The van der Waals surface area contributed by atoms with Gasteiger partial charge in [-0.05, 0) is 13.0 Å². The molecule has 1 saturated heterocycles. The molecule has 2 aromatic heterocycles. The van der Waals surface area contributed by atoms with Crippen LogP contribution in [-0.2, 0) is 4.79 Å². The van der Waals surface area contributed by atoms with Gasteiger partial charge in [-0.3, -0.25) is 14.7 Å². The number of anilines is 1. The lowest BCUT2D eigenvalue weighted by Crippen LogP contribution is -2.44. The fraction of sp³-hybridized carbons (Fsp3) is 0.333. The van der Waals surface area contributed by atoms with Crippen molar-refractivity contribution in [3.05, 3.63) is 29.0 Å². The zero-order valence-corrected chi connectivity index (χ0v) is 12.8. The number of rotatable bonds is 3. The van der Waals surface area contributed by atoms with Crippen LogP contribution >= 0.6 is 23.1 Å². The van der Waals surface area contributed by atoms with E-state index in [0.717, 1.165) is 4.88 Å². The zero-order chi connectivity index (χ0) is 14.8. The summed E-state index contributed by atoms with van der Waals surface area (Å²) in [6.45, 7) is 1.92. The topological polar surface area (TPSA) is 91.0 Å². The predicted octanol–water partition coefficient (Wildman–Crippen LogP) is 1.33. The van der Waals surface area contributed by atoms with Gasteiger partial charge in [0.1, 0.15) is 11.7 Å². The number of aromatic amines is 1. The van der Waals surface area contributed by atoms with Gasteiger partial charge >= 0.3 is 0 Å². The molecule has 0 saturated carbocycles. The number of H-pyrrole nitrogens is 1. The molecule has 0 aromatic carbocycles. The first kappa shape index (κ1) is 14.1. The summed E-state index contributed by atoms with van der Waals surface area (Å²) in [4.78, 5) is 31.3. The van der Waals surface area contributed by atoms with Crippen molar-refractivity contribution in [3.63, 3.8) is 0 Å². The SMILES string of the molecule is Cc1cnc(NC(=O)C2CSCN2C(=O)c2ccn[nH]2)s1. The Morgan fingerprint density at radius 2 is 2.38 bits per heavy atom. The average Bonchev–Trinajstić information content (AvgIpc) is 3.19. The maximum absolute atomic E-state index is 12.3. The Morgan fingerprint density at radius 1 is 1.52 bits per heavy atom. The van der Waals surface area contributed by atoms with Gasteiger partial charge in [0.25, 0.3) is 5.91 Å². The molecule has 1 fully saturated rings. The molecule has 9 heteroatoms. The Morgan fingerprint density at radius 3 is 3.05 bits per heavy atom. The van der Waals surface area contributed by atoms with Crippen molar-refractivity contribution in [3.8, 4) is 0 Å². The van der Waals surface area contributed by atoms with Crippen molar-refractivity contribution in [2.45, 2.75) is 13.0 Å². The molecule has 2 amide bonds. The maximum atomic E-state index is 12.3. The molecule has 2 N–H and O–H groups in total. The molecule has 1 aliphatic heterocycles. The van der Waals surface area contributed by atoms with E-state index in [-0.39, 0.29) is 11.8 Å². The van der Waals surface area contributed by atoms with Gasteiger partial charge in [0, 0.05) is 23.0 Å². The van der Waals surface area contributed by atoms with E-state index < -0.39 is 6.04 Å². The molecule has 3 rings (SSSR count). The second-order valence-corrected chi connectivity index (χ2v) is 6.76. The fourth-order valence-electron chi connectivity index (χ4n) is 1.99. The number of nitrogens with one attached hydrogen (secondary N) is 2. The van der Waals surface area contributed by atoms with E-state index in [0.29, 0.717) is 22.5 Å².